The average molecular weight is 289 g/mol. The Morgan fingerprint density at radius 1 is 1.61 bits per heavy atom. The maximum Gasteiger partial charge on any atom is 0.255 e. The quantitative estimate of drug-likeness (QED) is 0.838. The van der Waals surface area contributed by atoms with Crippen LogP contribution in [-0.2, 0) is 0 Å². The third-order valence-corrected chi connectivity index (χ3v) is 3.50. The third-order valence-electron chi connectivity index (χ3n) is 2.81. The van der Waals surface area contributed by atoms with E-state index in [0.29, 0.717) is 6.42 Å². The van der Waals surface area contributed by atoms with Gasteiger partial charge in [-0.1, -0.05) is 30.7 Å². The van der Waals surface area contributed by atoms with Crippen LogP contribution in [0.25, 0.3) is 0 Å². The maximum atomic E-state index is 13.5. The highest BCUT2D eigenvalue weighted by molar-refractivity contribution is 7.80. The predicted octanol–water partition coefficient (Wildman–Crippen LogP) is 2.66. The fourth-order valence-corrected chi connectivity index (χ4v) is 1.68. The van der Waals surface area contributed by atoms with E-state index < -0.39 is 17.3 Å². The average Bonchev–Trinajstić information content (AvgIpc) is 2.31. The van der Waals surface area contributed by atoms with Crippen LogP contribution in [0.15, 0.2) is 18.2 Å². The van der Waals surface area contributed by atoms with Gasteiger partial charge in [0.25, 0.3) is 5.91 Å². The second-order valence-electron chi connectivity index (χ2n) is 4.13. The fourth-order valence-electron chi connectivity index (χ4n) is 1.31. The van der Waals surface area contributed by atoms with Gasteiger partial charge in [-0.3, -0.25) is 4.79 Å². The van der Waals surface area contributed by atoms with E-state index in [2.05, 4.69) is 5.32 Å². The minimum absolute atomic E-state index is 0.126. The van der Waals surface area contributed by atoms with Crippen molar-refractivity contribution >= 4 is 34.7 Å². The number of hydrogen-bond acceptors (Lipinski definition) is 2. The van der Waals surface area contributed by atoms with E-state index in [0.717, 1.165) is 6.07 Å². The molecular formula is C12H14ClFN2OS. The highest BCUT2D eigenvalue weighted by Gasteiger charge is 2.28. The van der Waals surface area contributed by atoms with Crippen molar-refractivity contribution in [2.45, 2.75) is 25.8 Å². The van der Waals surface area contributed by atoms with Crippen LogP contribution in [0.3, 0.4) is 0 Å². The molecule has 1 atom stereocenters. The Hall–Kier alpha value is -1.20. The predicted molar refractivity (Wildman–Crippen MR) is 74.4 cm³/mol. The summed E-state index contributed by atoms with van der Waals surface area (Å²) in [7, 11) is 0. The Labute approximate surface area is 115 Å². The van der Waals surface area contributed by atoms with E-state index in [4.69, 9.17) is 29.6 Å². The molecule has 0 radical (unpaired) electrons. The van der Waals surface area contributed by atoms with Gasteiger partial charge in [-0.2, -0.15) is 0 Å². The van der Waals surface area contributed by atoms with Crippen molar-refractivity contribution in [3.8, 4) is 0 Å². The lowest BCUT2D eigenvalue weighted by molar-refractivity contribution is 0.0922. The van der Waals surface area contributed by atoms with Gasteiger partial charge in [0.2, 0.25) is 0 Å². The molecule has 0 fully saturated rings. The van der Waals surface area contributed by atoms with Crippen molar-refractivity contribution in [2.24, 2.45) is 5.73 Å². The molecule has 1 aromatic rings. The van der Waals surface area contributed by atoms with Crippen molar-refractivity contribution in [1.82, 2.24) is 5.32 Å². The first kappa shape index (κ1) is 14.9. The Kier molecular flexibility index (Phi) is 4.65. The number of thiocarbonyl (C=S) groups is 1. The molecule has 1 amide bonds. The van der Waals surface area contributed by atoms with Gasteiger partial charge >= 0.3 is 0 Å². The van der Waals surface area contributed by atoms with Crippen LogP contribution < -0.4 is 11.1 Å². The first-order chi connectivity index (χ1) is 8.30. The zero-order chi connectivity index (χ0) is 13.9. The Bertz CT molecular complexity index is 495. The van der Waals surface area contributed by atoms with Gasteiger partial charge in [0.05, 0.1) is 16.1 Å². The molecular weight excluding hydrogens is 275 g/mol. The van der Waals surface area contributed by atoms with Gasteiger partial charge in [0.1, 0.15) is 5.82 Å². The van der Waals surface area contributed by atoms with Crippen LogP contribution in [0.2, 0.25) is 5.02 Å². The number of halogens is 2. The number of carbonyl (C=O) groups excluding carboxylic acids is 1. The Balaban J connectivity index is 3.02. The van der Waals surface area contributed by atoms with Gasteiger partial charge in [-0.05, 0) is 31.5 Å². The van der Waals surface area contributed by atoms with Crippen molar-refractivity contribution < 1.29 is 9.18 Å². The summed E-state index contributed by atoms with van der Waals surface area (Å²) >= 11 is 10.6. The van der Waals surface area contributed by atoms with Gasteiger partial charge in [0, 0.05) is 5.02 Å². The van der Waals surface area contributed by atoms with Gasteiger partial charge in [-0.25, -0.2) is 4.39 Å². The molecule has 0 heterocycles. The summed E-state index contributed by atoms with van der Waals surface area (Å²) in [6, 6.07) is 3.78. The molecule has 0 aliphatic heterocycles. The first-order valence-electron chi connectivity index (χ1n) is 5.37. The molecule has 1 aromatic carbocycles. The summed E-state index contributed by atoms with van der Waals surface area (Å²) in [6.07, 6.45) is 0.510. The number of benzene rings is 1. The van der Waals surface area contributed by atoms with Crippen molar-refractivity contribution in [3.63, 3.8) is 0 Å². The molecule has 0 aliphatic rings. The molecule has 0 spiro atoms. The summed E-state index contributed by atoms with van der Waals surface area (Å²) in [5.41, 5.74) is 4.60. The molecule has 18 heavy (non-hydrogen) atoms. The molecule has 0 aliphatic carbocycles. The number of nitrogens with two attached hydrogens (primary N) is 1. The third kappa shape index (κ3) is 3.17. The number of hydrogen-bond donors (Lipinski definition) is 2. The van der Waals surface area contributed by atoms with E-state index in [1.807, 2.05) is 6.92 Å². The largest absolute Gasteiger partial charge is 0.391 e. The zero-order valence-electron chi connectivity index (χ0n) is 10.1. The lowest BCUT2D eigenvalue weighted by Crippen LogP contribution is -2.54. The van der Waals surface area contributed by atoms with Crippen LogP contribution in [0.1, 0.15) is 30.6 Å². The van der Waals surface area contributed by atoms with Gasteiger partial charge < -0.3 is 11.1 Å². The highest BCUT2D eigenvalue weighted by Crippen LogP contribution is 2.17. The smallest absolute Gasteiger partial charge is 0.255 e. The summed E-state index contributed by atoms with van der Waals surface area (Å²) < 4.78 is 13.5. The van der Waals surface area contributed by atoms with Crippen molar-refractivity contribution in [3.05, 3.63) is 34.6 Å². The van der Waals surface area contributed by atoms with E-state index in [-0.39, 0.29) is 15.6 Å². The molecule has 98 valence electrons. The lowest BCUT2D eigenvalue weighted by atomic mass is 9.98. The van der Waals surface area contributed by atoms with Gasteiger partial charge in [-0.15, -0.1) is 0 Å². The number of carbonyl (C=O) groups is 1. The number of nitrogens with one attached hydrogen (secondary N) is 1. The molecule has 3 nitrogen and oxygen atoms in total. The van der Waals surface area contributed by atoms with E-state index in [1.54, 1.807) is 6.92 Å². The second-order valence-corrected chi connectivity index (χ2v) is 5.00. The molecule has 6 heteroatoms. The van der Waals surface area contributed by atoms with E-state index in [1.165, 1.54) is 12.1 Å². The molecule has 3 N–H and O–H groups in total. The Morgan fingerprint density at radius 3 is 2.72 bits per heavy atom. The highest BCUT2D eigenvalue weighted by atomic mass is 35.5. The molecule has 0 saturated heterocycles. The molecule has 1 rings (SSSR count). The topological polar surface area (TPSA) is 55.1 Å². The number of amides is 1. The zero-order valence-corrected chi connectivity index (χ0v) is 11.7. The van der Waals surface area contributed by atoms with Crippen LogP contribution in [-0.4, -0.2) is 16.4 Å². The maximum absolute atomic E-state index is 13.5. The van der Waals surface area contributed by atoms with Crippen LogP contribution >= 0.6 is 23.8 Å². The minimum atomic E-state index is -0.846. The van der Waals surface area contributed by atoms with Crippen molar-refractivity contribution in [1.29, 1.82) is 0 Å². The Morgan fingerprint density at radius 2 is 2.22 bits per heavy atom. The summed E-state index contributed by atoms with van der Waals surface area (Å²) in [5, 5.41) is 2.91. The van der Waals surface area contributed by atoms with E-state index in [9.17, 15) is 9.18 Å². The van der Waals surface area contributed by atoms with Crippen LogP contribution in [0, 0.1) is 5.82 Å². The second kappa shape index (κ2) is 5.63. The van der Waals surface area contributed by atoms with Crippen molar-refractivity contribution in [2.75, 3.05) is 0 Å². The minimum Gasteiger partial charge on any atom is -0.391 e. The molecule has 1 unspecified atom stereocenters. The summed E-state index contributed by atoms with van der Waals surface area (Å²) in [6.45, 7) is 3.52. The van der Waals surface area contributed by atoms with Crippen LogP contribution in [0.4, 0.5) is 4.39 Å². The molecule has 0 saturated carbocycles. The van der Waals surface area contributed by atoms with E-state index >= 15 is 0 Å². The summed E-state index contributed by atoms with van der Waals surface area (Å²) in [4.78, 5) is 12.1. The summed E-state index contributed by atoms with van der Waals surface area (Å²) in [5.74, 6) is -1.23. The fraction of sp³-hybridized carbons (Fsp3) is 0.333. The monoisotopic (exact) mass is 288 g/mol. The first-order valence-corrected chi connectivity index (χ1v) is 6.16. The van der Waals surface area contributed by atoms with Gasteiger partial charge in [0.15, 0.2) is 0 Å². The normalized spacial score (nSPS) is 13.8. The molecule has 0 bridgehead atoms. The lowest BCUT2D eigenvalue weighted by Gasteiger charge is -2.28. The number of rotatable bonds is 4. The van der Waals surface area contributed by atoms with Crippen LogP contribution in [0.5, 0.6) is 0 Å². The molecule has 0 aromatic heterocycles. The SMILES string of the molecule is CCC(C)(NC(=O)c1cc(Cl)ccc1F)C(N)=S. The standard InChI is InChI=1S/C12H14ClFN2OS/c1-3-12(2,11(15)18)16-10(17)8-6-7(13)4-5-9(8)14/h4-6H,3H2,1-2H3,(H2,15,18)(H,16,17).